The summed E-state index contributed by atoms with van der Waals surface area (Å²) in [5.74, 6) is 0.842. The lowest BCUT2D eigenvalue weighted by molar-refractivity contribution is -0.133. The van der Waals surface area contributed by atoms with E-state index in [-0.39, 0.29) is 23.4 Å². The van der Waals surface area contributed by atoms with Gasteiger partial charge in [0, 0.05) is 56.6 Å². The molecule has 0 aliphatic carbocycles. The van der Waals surface area contributed by atoms with Gasteiger partial charge >= 0.3 is 6.03 Å². The average Bonchev–Trinajstić information content (AvgIpc) is 3.18. The minimum absolute atomic E-state index is 0.00832. The van der Waals surface area contributed by atoms with E-state index in [1.54, 1.807) is 18.5 Å². The van der Waals surface area contributed by atoms with Crippen molar-refractivity contribution in [2.75, 3.05) is 37.6 Å². The molecule has 3 aliphatic rings. The van der Waals surface area contributed by atoms with Gasteiger partial charge in [-0.3, -0.25) is 4.79 Å². The molecule has 3 fully saturated rings. The smallest absolute Gasteiger partial charge is 0.317 e. The van der Waals surface area contributed by atoms with Gasteiger partial charge in [-0.2, -0.15) is 0 Å². The summed E-state index contributed by atoms with van der Waals surface area (Å²) >= 11 is 0. The Morgan fingerprint density at radius 1 is 1.19 bits per heavy atom. The third-order valence-corrected chi connectivity index (χ3v) is 6.50. The number of anilines is 1. The fourth-order valence-electron chi connectivity index (χ4n) is 5.10. The summed E-state index contributed by atoms with van der Waals surface area (Å²) in [6, 6.07) is 1.92. The summed E-state index contributed by atoms with van der Waals surface area (Å²) in [5.41, 5.74) is -0.547. The van der Waals surface area contributed by atoms with Crippen LogP contribution in [0.25, 0.3) is 0 Å². The summed E-state index contributed by atoms with van der Waals surface area (Å²) in [6.07, 6.45) is 5.99. The Morgan fingerprint density at radius 3 is 2.48 bits per heavy atom. The number of hydrogen-bond acceptors (Lipinski definition) is 5. The van der Waals surface area contributed by atoms with E-state index < -0.39 is 5.41 Å². The van der Waals surface area contributed by atoms with Crippen molar-refractivity contribution in [1.29, 1.82) is 0 Å². The van der Waals surface area contributed by atoms with Gasteiger partial charge < -0.3 is 20.4 Å². The van der Waals surface area contributed by atoms with Crippen LogP contribution >= 0.6 is 0 Å². The molecule has 1 aromatic heterocycles. The number of nitrogens with zero attached hydrogens (tertiary/aromatic N) is 4. The molecule has 0 bridgehead atoms. The number of nitrogens with one attached hydrogen (secondary N) is 2. The van der Waals surface area contributed by atoms with Gasteiger partial charge in [0.05, 0.1) is 5.41 Å². The predicted octanol–water partition coefficient (Wildman–Crippen LogP) is 1.00. The number of aromatic nitrogens is 2. The molecule has 3 saturated heterocycles. The Hall–Kier alpha value is -2.38. The average molecular weight is 372 g/mol. The Kier molecular flexibility index (Phi) is 4.44. The maximum absolute atomic E-state index is 12.9. The quantitative estimate of drug-likeness (QED) is 0.808. The molecule has 4 heterocycles. The zero-order chi connectivity index (χ0) is 19.1. The molecule has 0 saturated carbocycles. The zero-order valence-electron chi connectivity index (χ0n) is 16.1. The number of likely N-dealkylation sites (tertiary alicyclic amines) is 1. The van der Waals surface area contributed by atoms with E-state index in [1.165, 1.54) is 0 Å². The Labute approximate surface area is 159 Å². The van der Waals surface area contributed by atoms with E-state index in [0.29, 0.717) is 25.6 Å². The normalized spacial score (nSPS) is 26.9. The monoisotopic (exact) mass is 372 g/mol. The fraction of sp³-hybridized carbons (Fsp3) is 0.684. The van der Waals surface area contributed by atoms with Crippen molar-refractivity contribution in [3.8, 4) is 0 Å². The number of carbonyl (C=O) groups is 2. The summed E-state index contributed by atoms with van der Waals surface area (Å²) < 4.78 is 0. The van der Waals surface area contributed by atoms with Gasteiger partial charge in [0.1, 0.15) is 0 Å². The van der Waals surface area contributed by atoms with Crippen LogP contribution in [0.4, 0.5) is 10.7 Å². The van der Waals surface area contributed by atoms with Crippen molar-refractivity contribution < 1.29 is 9.59 Å². The molecule has 8 nitrogen and oxygen atoms in total. The van der Waals surface area contributed by atoms with Gasteiger partial charge in [-0.15, -0.1) is 0 Å². The number of urea groups is 1. The highest BCUT2D eigenvalue weighted by atomic mass is 16.2. The van der Waals surface area contributed by atoms with Gasteiger partial charge in [-0.1, -0.05) is 0 Å². The summed E-state index contributed by atoms with van der Waals surface area (Å²) in [7, 11) is 0. The Morgan fingerprint density at radius 2 is 1.89 bits per heavy atom. The lowest BCUT2D eigenvalue weighted by Crippen LogP contribution is -2.55. The first-order chi connectivity index (χ1) is 13.0. The maximum Gasteiger partial charge on any atom is 0.317 e. The summed E-state index contributed by atoms with van der Waals surface area (Å²) in [6.45, 7) is 7.44. The fourth-order valence-corrected chi connectivity index (χ4v) is 5.10. The zero-order valence-corrected chi connectivity index (χ0v) is 16.1. The lowest BCUT2D eigenvalue weighted by atomic mass is 9.60. The second kappa shape index (κ2) is 6.65. The molecule has 27 heavy (non-hydrogen) atoms. The van der Waals surface area contributed by atoms with Crippen LogP contribution in [0.1, 0.15) is 33.1 Å². The number of rotatable bonds is 2. The summed E-state index contributed by atoms with van der Waals surface area (Å²) in [5, 5.41) is 6.03. The first-order valence-electron chi connectivity index (χ1n) is 9.82. The lowest BCUT2D eigenvalue weighted by Gasteiger charge is -2.46. The predicted molar refractivity (Wildman–Crippen MR) is 101 cm³/mol. The molecule has 0 aromatic carbocycles. The van der Waals surface area contributed by atoms with E-state index >= 15 is 0 Å². The van der Waals surface area contributed by atoms with Crippen LogP contribution in [0.15, 0.2) is 18.5 Å². The molecule has 1 unspecified atom stereocenters. The molecule has 3 aliphatic heterocycles. The molecule has 8 heteroatoms. The number of piperidine rings is 1. The van der Waals surface area contributed by atoms with Crippen molar-refractivity contribution in [3.05, 3.63) is 18.5 Å². The van der Waals surface area contributed by atoms with Crippen molar-refractivity contribution in [2.24, 2.45) is 10.8 Å². The van der Waals surface area contributed by atoms with Crippen molar-refractivity contribution in [1.82, 2.24) is 25.5 Å². The van der Waals surface area contributed by atoms with Crippen LogP contribution in [-0.4, -0.2) is 65.6 Å². The number of hydrogen-bond donors (Lipinski definition) is 2. The minimum Gasteiger partial charge on any atom is -0.356 e. The van der Waals surface area contributed by atoms with Gasteiger partial charge in [0.25, 0.3) is 0 Å². The molecular formula is C19H28N6O2. The Bertz CT molecular complexity index is 716. The number of amides is 3. The highest BCUT2D eigenvalue weighted by Gasteiger charge is 2.64. The second-order valence-electron chi connectivity index (χ2n) is 8.36. The van der Waals surface area contributed by atoms with Crippen LogP contribution in [0.2, 0.25) is 0 Å². The van der Waals surface area contributed by atoms with Crippen LogP contribution in [-0.2, 0) is 4.79 Å². The van der Waals surface area contributed by atoms with Crippen LogP contribution in [0, 0.1) is 10.8 Å². The van der Waals surface area contributed by atoms with Gasteiger partial charge in [0.15, 0.2) is 0 Å². The van der Waals surface area contributed by atoms with E-state index in [1.807, 2.05) is 18.7 Å². The largest absolute Gasteiger partial charge is 0.356 e. The third-order valence-electron chi connectivity index (χ3n) is 6.50. The molecule has 1 atom stereocenters. The van der Waals surface area contributed by atoms with Crippen LogP contribution in [0.5, 0.6) is 0 Å². The van der Waals surface area contributed by atoms with E-state index in [9.17, 15) is 9.59 Å². The molecule has 146 valence electrons. The standard InChI is InChI=1S/C19H28N6O2/c1-14(2)23-17(27)24-10-5-18(6-11-24)12-25(16-21-7-3-8-22-16)13-19(18)4-9-20-15(19)26/h3,7-8,14H,4-6,9-13H2,1-2H3,(H,20,26)(H,23,27). The van der Waals surface area contributed by atoms with Crippen molar-refractivity contribution in [3.63, 3.8) is 0 Å². The van der Waals surface area contributed by atoms with Crippen LogP contribution in [0.3, 0.4) is 0 Å². The highest BCUT2D eigenvalue weighted by molar-refractivity contribution is 5.87. The minimum atomic E-state index is -0.410. The van der Waals surface area contributed by atoms with Gasteiger partial charge in [0.2, 0.25) is 11.9 Å². The highest BCUT2D eigenvalue weighted by Crippen LogP contribution is 2.56. The number of fused-ring (bicyclic) bond motifs is 1. The van der Waals surface area contributed by atoms with E-state index in [4.69, 9.17) is 0 Å². The molecule has 0 radical (unpaired) electrons. The molecule has 1 aromatic rings. The molecule has 4 rings (SSSR count). The SMILES string of the molecule is CC(C)NC(=O)N1CCC2(CC1)CN(c1ncccn1)CC21CCNC1=O. The first-order valence-corrected chi connectivity index (χ1v) is 9.82. The van der Waals surface area contributed by atoms with Crippen molar-refractivity contribution >= 4 is 17.9 Å². The molecule has 2 N–H and O–H groups in total. The summed E-state index contributed by atoms with van der Waals surface area (Å²) in [4.78, 5) is 38.2. The third kappa shape index (κ3) is 2.91. The maximum atomic E-state index is 12.9. The van der Waals surface area contributed by atoms with Gasteiger partial charge in [-0.05, 0) is 39.2 Å². The topological polar surface area (TPSA) is 90.5 Å². The Balaban J connectivity index is 1.57. The van der Waals surface area contributed by atoms with Gasteiger partial charge in [-0.25, -0.2) is 14.8 Å². The van der Waals surface area contributed by atoms with E-state index in [0.717, 1.165) is 32.4 Å². The van der Waals surface area contributed by atoms with E-state index in [2.05, 4.69) is 25.5 Å². The molecular weight excluding hydrogens is 344 g/mol. The second-order valence-corrected chi connectivity index (χ2v) is 8.36. The molecule has 3 amide bonds. The first kappa shape index (κ1) is 18.0. The number of carbonyl (C=O) groups excluding carboxylic acids is 2. The van der Waals surface area contributed by atoms with Crippen molar-refractivity contribution in [2.45, 2.75) is 39.2 Å². The molecule has 2 spiro atoms. The van der Waals surface area contributed by atoms with Crippen LogP contribution < -0.4 is 15.5 Å².